The molecule has 7 nitrogen and oxygen atoms in total. The molecule has 0 radical (unpaired) electrons. The first kappa shape index (κ1) is 28.1. The zero-order valence-electron chi connectivity index (χ0n) is 22.9. The lowest BCUT2D eigenvalue weighted by atomic mass is 9.75. The summed E-state index contributed by atoms with van der Waals surface area (Å²) in [5.74, 6) is 0.0533. The zero-order chi connectivity index (χ0) is 28.9. The second kappa shape index (κ2) is 8.54. The first-order chi connectivity index (χ1) is 17.9. The number of pyridine rings is 1. The Bertz CT molecular complexity index is 1580. The maximum atomic E-state index is 14.0. The van der Waals surface area contributed by atoms with Crippen LogP contribution >= 0.6 is 23.2 Å². The van der Waals surface area contributed by atoms with E-state index in [0.717, 1.165) is 5.56 Å². The van der Waals surface area contributed by atoms with Gasteiger partial charge in [0.1, 0.15) is 27.6 Å². The number of halogens is 2. The molecule has 1 aromatic carbocycles. The fraction of sp³-hybridized carbons (Fsp3) is 0.483. The van der Waals surface area contributed by atoms with Crippen LogP contribution in [0.1, 0.15) is 76.0 Å². The Balaban J connectivity index is 1.73. The Kier molecular flexibility index (Phi) is 6.16. The fourth-order valence-corrected chi connectivity index (χ4v) is 9.24. The average molecular weight is 591 g/mol. The molecule has 2 aromatic rings. The van der Waals surface area contributed by atoms with Crippen molar-refractivity contribution in [3.05, 3.63) is 63.9 Å². The molecule has 208 valence electrons. The normalized spacial score (nSPS) is 31.5. The number of nitrogens with two attached hydrogens (primary N) is 1. The van der Waals surface area contributed by atoms with Gasteiger partial charge in [-0.1, -0.05) is 42.8 Å². The number of rotatable bonds is 3. The molecule has 4 atom stereocenters. The third-order valence-corrected chi connectivity index (χ3v) is 12.6. The number of carbonyl (C=O) groups excluding carboxylic acids is 1. The summed E-state index contributed by atoms with van der Waals surface area (Å²) in [5, 5.41) is -0.194. The van der Waals surface area contributed by atoms with Crippen molar-refractivity contribution in [2.24, 2.45) is 22.1 Å². The number of ether oxygens (including phenoxy) is 1. The number of sulfone groups is 1. The molecule has 1 fully saturated rings. The number of hydrogen-bond donors (Lipinski definition) is 1. The van der Waals surface area contributed by atoms with Gasteiger partial charge in [-0.15, -0.1) is 0 Å². The molecule has 1 aliphatic carbocycles. The number of amidine groups is 1. The van der Waals surface area contributed by atoms with E-state index in [1.165, 1.54) is 12.3 Å². The van der Waals surface area contributed by atoms with E-state index in [4.69, 9.17) is 38.7 Å². The largest absolute Gasteiger partial charge is 0.487 e. The standard InChI is InChI=1S/C29H33Cl2N3O4S/c1-15(24(35)23-20(31)11-17(30)14-33-23)16-8-9-21-18(10-16)29(7)28(6)12-19(28)22(13-26(2,3)38-21)39(36,37)27(4,5)25(32)34-29/h8-11,14,19,22H,1,12-13H2,2-7H3,(H2,32,34). The zero-order valence-corrected chi connectivity index (χ0v) is 25.3. The molecule has 0 amide bonds. The van der Waals surface area contributed by atoms with Gasteiger partial charge in [0.05, 0.1) is 20.8 Å². The van der Waals surface area contributed by atoms with E-state index >= 15 is 0 Å². The van der Waals surface area contributed by atoms with E-state index in [2.05, 4.69) is 18.5 Å². The van der Waals surface area contributed by atoms with Gasteiger partial charge in [-0.05, 0) is 70.7 Å². The number of allylic oxidation sites excluding steroid dienone is 1. The van der Waals surface area contributed by atoms with Gasteiger partial charge in [-0.2, -0.15) is 0 Å². The number of fused-ring (bicyclic) bond motifs is 2. The van der Waals surface area contributed by atoms with Crippen molar-refractivity contribution in [2.75, 3.05) is 0 Å². The second-order valence-electron chi connectivity index (χ2n) is 12.5. The highest BCUT2D eigenvalue weighted by atomic mass is 35.5. The van der Waals surface area contributed by atoms with Crippen LogP contribution in [0.3, 0.4) is 0 Å². The number of benzene rings is 1. The summed E-state index contributed by atoms with van der Waals surface area (Å²) in [4.78, 5) is 22.5. The number of aromatic nitrogens is 1. The van der Waals surface area contributed by atoms with Gasteiger partial charge < -0.3 is 10.5 Å². The predicted octanol–water partition coefficient (Wildman–Crippen LogP) is 6.02. The van der Waals surface area contributed by atoms with Crippen molar-refractivity contribution >= 4 is 50.2 Å². The maximum absolute atomic E-state index is 14.0. The summed E-state index contributed by atoms with van der Waals surface area (Å²) >= 11 is 12.2. The Morgan fingerprint density at radius 2 is 1.77 bits per heavy atom. The lowest BCUT2D eigenvalue weighted by Gasteiger charge is -2.41. The molecule has 0 spiro atoms. The van der Waals surface area contributed by atoms with Crippen LogP contribution in [0.4, 0.5) is 0 Å². The molecule has 1 saturated carbocycles. The Hall–Kier alpha value is -2.42. The number of carbonyl (C=O) groups is 1. The van der Waals surface area contributed by atoms with Crippen LogP contribution in [0, 0.1) is 11.3 Å². The molecule has 2 bridgehead atoms. The average Bonchev–Trinajstić information content (AvgIpc) is 3.52. The third-order valence-electron chi connectivity index (χ3n) is 9.16. The minimum Gasteiger partial charge on any atom is -0.487 e. The van der Waals surface area contributed by atoms with E-state index in [0.29, 0.717) is 29.2 Å². The number of hydrogen-bond acceptors (Lipinski definition) is 7. The monoisotopic (exact) mass is 589 g/mol. The second-order valence-corrected chi connectivity index (χ2v) is 16.0. The van der Waals surface area contributed by atoms with Crippen molar-refractivity contribution in [2.45, 2.75) is 75.5 Å². The fourth-order valence-electron chi connectivity index (χ4n) is 6.23. The molecule has 3 aliphatic rings. The maximum Gasteiger partial charge on any atom is 0.212 e. The van der Waals surface area contributed by atoms with Gasteiger partial charge >= 0.3 is 0 Å². The smallest absolute Gasteiger partial charge is 0.212 e. The summed E-state index contributed by atoms with van der Waals surface area (Å²) in [6, 6.07) is 6.87. The topological polar surface area (TPSA) is 112 Å². The van der Waals surface area contributed by atoms with E-state index in [1.807, 2.05) is 26.8 Å². The summed E-state index contributed by atoms with van der Waals surface area (Å²) < 4.78 is 33.2. The van der Waals surface area contributed by atoms with Gasteiger partial charge in [0.15, 0.2) is 9.84 Å². The first-order valence-corrected chi connectivity index (χ1v) is 15.1. The van der Waals surface area contributed by atoms with E-state index in [1.54, 1.807) is 26.0 Å². The summed E-state index contributed by atoms with van der Waals surface area (Å²) in [5.41, 5.74) is 5.82. The van der Waals surface area contributed by atoms with Crippen LogP contribution in [-0.2, 0) is 15.4 Å². The molecule has 3 heterocycles. The number of ketones is 1. The highest BCUT2D eigenvalue weighted by Gasteiger charge is 2.70. The van der Waals surface area contributed by atoms with E-state index < -0.39 is 42.2 Å². The highest BCUT2D eigenvalue weighted by Crippen LogP contribution is 2.70. The van der Waals surface area contributed by atoms with Crippen molar-refractivity contribution < 1.29 is 17.9 Å². The minimum absolute atomic E-state index is 0.0513. The van der Waals surface area contributed by atoms with Gasteiger partial charge in [-0.3, -0.25) is 9.79 Å². The van der Waals surface area contributed by atoms with Crippen LogP contribution < -0.4 is 10.5 Å². The molecule has 0 saturated heterocycles. The van der Waals surface area contributed by atoms with Crippen LogP contribution in [0.2, 0.25) is 10.0 Å². The predicted molar refractivity (Wildman–Crippen MR) is 155 cm³/mol. The molecule has 5 rings (SSSR count). The molecular weight excluding hydrogens is 557 g/mol. The van der Waals surface area contributed by atoms with Gasteiger partial charge in [-0.25, -0.2) is 13.4 Å². The highest BCUT2D eigenvalue weighted by molar-refractivity contribution is 7.94. The van der Waals surface area contributed by atoms with Crippen molar-refractivity contribution in [1.82, 2.24) is 4.98 Å². The Morgan fingerprint density at radius 3 is 2.41 bits per heavy atom. The summed E-state index contributed by atoms with van der Waals surface area (Å²) in [6.07, 6.45) is 2.35. The number of nitrogens with zero attached hydrogens (tertiary/aromatic N) is 2. The lowest BCUT2D eigenvalue weighted by molar-refractivity contribution is 0.0954. The SMILES string of the molecule is C=C(C(=O)c1ncc(Cl)cc1Cl)c1ccc2c(c1)C1(C)N=C(N)C(C)(C)S(=O)(=O)C(CC(C)(C)O2)C2CC21C. The summed E-state index contributed by atoms with van der Waals surface area (Å²) in [7, 11) is -3.70. The van der Waals surface area contributed by atoms with Gasteiger partial charge in [0.2, 0.25) is 5.78 Å². The van der Waals surface area contributed by atoms with Gasteiger partial charge in [0.25, 0.3) is 0 Å². The van der Waals surface area contributed by atoms with Crippen molar-refractivity contribution in [1.29, 1.82) is 0 Å². The summed E-state index contributed by atoms with van der Waals surface area (Å²) in [6.45, 7) is 15.2. The molecule has 4 unspecified atom stereocenters. The van der Waals surface area contributed by atoms with E-state index in [9.17, 15) is 13.2 Å². The molecule has 2 aliphatic heterocycles. The van der Waals surface area contributed by atoms with Crippen LogP contribution in [0.15, 0.2) is 42.0 Å². The Labute approximate surface area is 239 Å². The third kappa shape index (κ3) is 4.05. The number of Topliss-reactive ketones (excluding diaryl/α,β-unsaturated/α-hetero) is 1. The Morgan fingerprint density at radius 1 is 1.10 bits per heavy atom. The van der Waals surface area contributed by atoms with Crippen LogP contribution in [-0.4, -0.2) is 40.6 Å². The first-order valence-electron chi connectivity index (χ1n) is 12.8. The van der Waals surface area contributed by atoms with Crippen LogP contribution in [0.5, 0.6) is 5.75 Å². The van der Waals surface area contributed by atoms with Crippen molar-refractivity contribution in [3.63, 3.8) is 0 Å². The van der Waals surface area contributed by atoms with E-state index in [-0.39, 0.29) is 28.0 Å². The van der Waals surface area contributed by atoms with Gasteiger partial charge in [0, 0.05) is 29.2 Å². The molecule has 2 N–H and O–H groups in total. The molecule has 39 heavy (non-hydrogen) atoms. The minimum atomic E-state index is -3.70. The molecular formula is C29H33Cl2N3O4S. The molecule has 10 heteroatoms. The van der Waals surface area contributed by atoms with Crippen LogP contribution in [0.25, 0.3) is 5.57 Å². The lowest BCUT2D eigenvalue weighted by Crippen LogP contribution is -2.55. The number of aliphatic imine (C=N–C) groups is 1. The van der Waals surface area contributed by atoms with Crippen molar-refractivity contribution in [3.8, 4) is 5.75 Å². The quantitative estimate of drug-likeness (QED) is 0.346. The molecule has 1 aromatic heterocycles.